The molecule has 4 nitrogen and oxygen atoms in total. The Morgan fingerprint density at radius 1 is 0.950 bits per heavy atom. The zero-order valence-electron chi connectivity index (χ0n) is 11.0. The maximum absolute atomic E-state index is 12.4. The van der Waals surface area contributed by atoms with E-state index in [1.165, 1.54) is 12.0 Å². The maximum Gasteiger partial charge on any atom is 0.265 e. The van der Waals surface area contributed by atoms with E-state index < -0.39 is 0 Å². The molecule has 0 fully saturated rings. The number of nitrogens with zero attached hydrogens (tertiary/aromatic N) is 1. The van der Waals surface area contributed by atoms with E-state index in [1.807, 2.05) is 30.3 Å². The molecule has 0 atom stereocenters. The summed E-state index contributed by atoms with van der Waals surface area (Å²) in [6.45, 7) is 0.274. The van der Waals surface area contributed by atoms with Crippen LogP contribution in [0.25, 0.3) is 0 Å². The lowest BCUT2D eigenvalue weighted by atomic mass is 10.1. The summed E-state index contributed by atoms with van der Waals surface area (Å²) >= 11 is 0. The van der Waals surface area contributed by atoms with E-state index in [0.29, 0.717) is 16.9 Å². The highest BCUT2D eigenvalue weighted by atomic mass is 16.5. The number of carbonyl (C=O) groups excluding carboxylic acids is 2. The second-order valence-electron chi connectivity index (χ2n) is 4.56. The van der Waals surface area contributed by atoms with Gasteiger partial charge >= 0.3 is 0 Å². The van der Waals surface area contributed by atoms with Gasteiger partial charge in [-0.25, -0.2) is 0 Å². The minimum atomic E-state index is -0.300. The van der Waals surface area contributed by atoms with Crippen molar-refractivity contribution in [1.82, 2.24) is 4.90 Å². The van der Waals surface area contributed by atoms with E-state index in [4.69, 9.17) is 4.74 Å². The quantitative estimate of drug-likeness (QED) is 0.803. The van der Waals surface area contributed by atoms with E-state index in [2.05, 4.69) is 0 Å². The van der Waals surface area contributed by atoms with Crippen LogP contribution >= 0.6 is 0 Å². The van der Waals surface area contributed by atoms with Gasteiger partial charge in [-0.3, -0.25) is 14.5 Å². The van der Waals surface area contributed by atoms with Crippen molar-refractivity contribution in [2.45, 2.75) is 6.54 Å². The third-order valence-corrected chi connectivity index (χ3v) is 3.36. The lowest BCUT2D eigenvalue weighted by molar-refractivity contribution is 0.0641. The minimum absolute atomic E-state index is 0.271. The Morgan fingerprint density at radius 3 is 2.40 bits per heavy atom. The smallest absolute Gasteiger partial charge is 0.265 e. The molecule has 0 spiro atoms. The van der Waals surface area contributed by atoms with Crippen LogP contribution in [0.15, 0.2) is 48.5 Å². The predicted molar refractivity (Wildman–Crippen MR) is 73.6 cm³/mol. The highest BCUT2D eigenvalue weighted by Crippen LogP contribution is 2.31. The van der Waals surface area contributed by atoms with Crippen LogP contribution in [0, 0.1) is 0 Å². The Balaban J connectivity index is 1.98. The molecule has 20 heavy (non-hydrogen) atoms. The molecule has 0 N–H and O–H groups in total. The van der Waals surface area contributed by atoms with Crippen molar-refractivity contribution >= 4 is 11.8 Å². The number of fused-ring (bicyclic) bond motifs is 1. The Hall–Kier alpha value is -2.62. The molecule has 0 unspecified atom stereocenters. The second-order valence-corrected chi connectivity index (χ2v) is 4.56. The zero-order chi connectivity index (χ0) is 14.1. The summed E-state index contributed by atoms with van der Waals surface area (Å²) in [5.74, 6) is -0.129. The van der Waals surface area contributed by atoms with Crippen LogP contribution < -0.4 is 4.74 Å². The minimum Gasteiger partial charge on any atom is -0.496 e. The monoisotopic (exact) mass is 267 g/mol. The van der Waals surface area contributed by atoms with Crippen molar-refractivity contribution in [3.05, 3.63) is 65.2 Å². The van der Waals surface area contributed by atoms with Gasteiger partial charge in [0.15, 0.2) is 0 Å². The fourth-order valence-corrected chi connectivity index (χ4v) is 2.38. The van der Waals surface area contributed by atoms with Gasteiger partial charge in [-0.05, 0) is 17.7 Å². The van der Waals surface area contributed by atoms with Crippen LogP contribution in [0.2, 0.25) is 0 Å². The molecular formula is C16H13NO3. The molecule has 1 aliphatic heterocycles. The molecule has 4 heteroatoms. The SMILES string of the molecule is COc1cccc2c1C(=O)N(Cc1ccccc1)C2=O. The fraction of sp³-hybridized carbons (Fsp3) is 0.125. The van der Waals surface area contributed by atoms with Crippen LogP contribution in [0.1, 0.15) is 26.3 Å². The highest BCUT2D eigenvalue weighted by molar-refractivity contribution is 6.22. The van der Waals surface area contributed by atoms with Crippen molar-refractivity contribution in [3.8, 4) is 5.75 Å². The Labute approximate surface area is 116 Å². The lowest BCUT2D eigenvalue weighted by Gasteiger charge is -2.13. The number of benzene rings is 2. The van der Waals surface area contributed by atoms with Gasteiger partial charge in [0.25, 0.3) is 11.8 Å². The summed E-state index contributed by atoms with van der Waals surface area (Å²) in [5.41, 5.74) is 1.68. The average Bonchev–Trinajstić information content (AvgIpc) is 2.73. The van der Waals surface area contributed by atoms with E-state index >= 15 is 0 Å². The second kappa shape index (κ2) is 4.81. The first-order valence-corrected chi connectivity index (χ1v) is 6.29. The van der Waals surface area contributed by atoms with Gasteiger partial charge in [-0.2, -0.15) is 0 Å². The summed E-state index contributed by atoms with van der Waals surface area (Å²) < 4.78 is 5.17. The predicted octanol–water partition coefficient (Wildman–Crippen LogP) is 2.49. The van der Waals surface area contributed by atoms with Crippen LogP contribution in [0.5, 0.6) is 5.75 Å². The first-order valence-electron chi connectivity index (χ1n) is 6.29. The van der Waals surface area contributed by atoms with Crippen LogP contribution in [0.4, 0.5) is 0 Å². The molecule has 2 aromatic rings. The Morgan fingerprint density at radius 2 is 1.70 bits per heavy atom. The topological polar surface area (TPSA) is 46.6 Å². The molecule has 0 saturated carbocycles. The number of carbonyl (C=O) groups is 2. The maximum atomic E-state index is 12.4. The number of rotatable bonds is 3. The highest BCUT2D eigenvalue weighted by Gasteiger charge is 2.37. The first kappa shape index (κ1) is 12.4. The number of methoxy groups -OCH3 is 1. The van der Waals surface area contributed by atoms with E-state index in [1.54, 1.807) is 18.2 Å². The third kappa shape index (κ3) is 1.86. The van der Waals surface area contributed by atoms with Gasteiger partial charge in [0.1, 0.15) is 5.75 Å². The number of hydrogen-bond acceptors (Lipinski definition) is 3. The molecule has 0 aromatic heterocycles. The molecule has 1 aliphatic rings. The molecule has 2 amide bonds. The van der Waals surface area contributed by atoms with Crippen LogP contribution in [-0.4, -0.2) is 23.8 Å². The fourth-order valence-electron chi connectivity index (χ4n) is 2.38. The van der Waals surface area contributed by atoms with Gasteiger partial charge in [-0.15, -0.1) is 0 Å². The largest absolute Gasteiger partial charge is 0.496 e. The van der Waals surface area contributed by atoms with Crippen LogP contribution in [-0.2, 0) is 6.54 Å². The summed E-state index contributed by atoms with van der Waals surface area (Å²) in [7, 11) is 1.49. The van der Waals surface area contributed by atoms with Gasteiger partial charge in [0.05, 0.1) is 24.8 Å². The van der Waals surface area contributed by atoms with Crippen molar-refractivity contribution in [2.75, 3.05) is 7.11 Å². The third-order valence-electron chi connectivity index (χ3n) is 3.36. The van der Waals surface area contributed by atoms with Gasteiger partial charge < -0.3 is 4.74 Å². The first-order chi connectivity index (χ1) is 9.72. The molecule has 3 rings (SSSR count). The summed E-state index contributed by atoms with van der Waals surface area (Å²) in [6, 6.07) is 14.5. The Bertz CT molecular complexity index is 679. The number of hydrogen-bond donors (Lipinski definition) is 0. The Kier molecular flexibility index (Phi) is 2.99. The number of ether oxygens (including phenoxy) is 1. The molecule has 0 saturated heterocycles. The van der Waals surface area contributed by atoms with E-state index in [-0.39, 0.29) is 18.4 Å². The molecule has 0 aliphatic carbocycles. The van der Waals surface area contributed by atoms with Crippen molar-refractivity contribution in [3.63, 3.8) is 0 Å². The lowest BCUT2D eigenvalue weighted by Crippen LogP contribution is -2.29. The number of imide groups is 1. The van der Waals surface area contributed by atoms with Crippen molar-refractivity contribution < 1.29 is 14.3 Å². The summed E-state index contributed by atoms with van der Waals surface area (Å²) in [6.07, 6.45) is 0. The van der Waals surface area contributed by atoms with Crippen molar-refractivity contribution in [1.29, 1.82) is 0 Å². The normalized spacial score (nSPS) is 13.6. The van der Waals surface area contributed by atoms with E-state index in [9.17, 15) is 9.59 Å². The van der Waals surface area contributed by atoms with Crippen LogP contribution in [0.3, 0.4) is 0 Å². The van der Waals surface area contributed by atoms with Crippen molar-refractivity contribution in [2.24, 2.45) is 0 Å². The summed E-state index contributed by atoms with van der Waals surface area (Å²) in [5, 5.41) is 0. The van der Waals surface area contributed by atoms with Gasteiger partial charge in [0, 0.05) is 0 Å². The zero-order valence-corrected chi connectivity index (χ0v) is 11.0. The molecule has 0 bridgehead atoms. The number of amides is 2. The van der Waals surface area contributed by atoms with E-state index in [0.717, 1.165) is 5.56 Å². The molecular weight excluding hydrogens is 254 g/mol. The molecule has 1 heterocycles. The molecule has 2 aromatic carbocycles. The van der Waals surface area contributed by atoms with Gasteiger partial charge in [0.2, 0.25) is 0 Å². The standard InChI is InChI=1S/C16H13NO3/c1-20-13-9-5-8-12-14(13)16(19)17(15(12)18)10-11-6-3-2-4-7-11/h2-9H,10H2,1H3. The van der Waals surface area contributed by atoms with Gasteiger partial charge in [-0.1, -0.05) is 36.4 Å². The average molecular weight is 267 g/mol. The molecule has 0 radical (unpaired) electrons. The summed E-state index contributed by atoms with van der Waals surface area (Å²) in [4.78, 5) is 26.0. The molecule has 100 valence electrons.